The van der Waals surface area contributed by atoms with Crippen LogP contribution in [0.15, 0.2) is 36.7 Å². The maximum Gasteiger partial charge on any atom is 0.0606 e. The van der Waals surface area contributed by atoms with E-state index in [0.29, 0.717) is 0 Å². The predicted octanol–water partition coefficient (Wildman–Crippen LogP) is 2.67. The predicted molar refractivity (Wildman–Crippen MR) is 84.2 cm³/mol. The molecule has 4 nitrogen and oxygen atoms in total. The minimum atomic E-state index is 0.181. The summed E-state index contributed by atoms with van der Waals surface area (Å²) >= 11 is 0. The highest BCUT2D eigenvalue weighted by Gasteiger charge is 2.14. The Hall–Kier alpha value is -1.81. The minimum Gasteiger partial charge on any atom is -0.378 e. The lowest BCUT2D eigenvalue weighted by atomic mass is 10.0. The second-order valence-electron chi connectivity index (χ2n) is 5.25. The number of benzene rings is 1. The van der Waals surface area contributed by atoms with Crippen LogP contribution >= 0.6 is 0 Å². The Bertz CT molecular complexity index is 545. The quantitative estimate of drug-likeness (QED) is 0.877. The van der Waals surface area contributed by atoms with E-state index in [4.69, 9.17) is 0 Å². The number of aryl methyl sites for hydroxylation is 1. The summed E-state index contributed by atoms with van der Waals surface area (Å²) in [4.78, 5) is 2.12. The van der Waals surface area contributed by atoms with Crippen molar-refractivity contribution in [2.24, 2.45) is 0 Å². The molecule has 1 heterocycles. The van der Waals surface area contributed by atoms with E-state index < -0.39 is 0 Å². The van der Waals surface area contributed by atoms with Crippen LogP contribution in [0.25, 0.3) is 0 Å². The van der Waals surface area contributed by atoms with E-state index in [0.717, 1.165) is 13.0 Å². The van der Waals surface area contributed by atoms with Crippen molar-refractivity contribution in [3.8, 4) is 0 Å². The molecular weight excluding hydrogens is 248 g/mol. The second-order valence-corrected chi connectivity index (χ2v) is 5.25. The number of nitrogens with one attached hydrogen (secondary N) is 1. The fourth-order valence-corrected chi connectivity index (χ4v) is 2.39. The normalized spacial score (nSPS) is 12.4. The molecule has 108 valence electrons. The van der Waals surface area contributed by atoms with Gasteiger partial charge in [0.15, 0.2) is 0 Å². The third kappa shape index (κ3) is 3.20. The summed E-state index contributed by atoms with van der Waals surface area (Å²) in [6, 6.07) is 8.78. The number of rotatable bonds is 6. The summed E-state index contributed by atoms with van der Waals surface area (Å²) in [5.41, 5.74) is 3.68. The smallest absolute Gasteiger partial charge is 0.0606 e. The van der Waals surface area contributed by atoms with E-state index in [1.807, 2.05) is 17.9 Å². The Balaban J connectivity index is 2.28. The van der Waals surface area contributed by atoms with E-state index in [9.17, 15) is 0 Å². The van der Waals surface area contributed by atoms with Gasteiger partial charge in [-0.05, 0) is 31.2 Å². The van der Waals surface area contributed by atoms with Crippen molar-refractivity contribution in [3.05, 3.63) is 47.8 Å². The summed E-state index contributed by atoms with van der Waals surface area (Å²) in [5.74, 6) is 0. The van der Waals surface area contributed by atoms with Crippen LogP contribution < -0.4 is 10.2 Å². The molecule has 2 rings (SSSR count). The molecule has 1 aromatic carbocycles. The van der Waals surface area contributed by atoms with Crippen molar-refractivity contribution in [3.63, 3.8) is 0 Å². The maximum atomic E-state index is 4.42. The zero-order chi connectivity index (χ0) is 14.5. The topological polar surface area (TPSA) is 33.1 Å². The summed E-state index contributed by atoms with van der Waals surface area (Å²) < 4.78 is 2.01. The molecule has 0 fully saturated rings. The van der Waals surface area contributed by atoms with E-state index in [2.05, 4.69) is 66.8 Å². The standard InChI is InChI=1S/C16H24N4/c1-5-9-20-12-14(11-18-20)16(17-2)13-7-6-8-15(10-13)19(3)4/h6-8,10-12,16-17H,5,9H2,1-4H3. The number of anilines is 1. The molecule has 1 N–H and O–H groups in total. The summed E-state index contributed by atoms with van der Waals surface area (Å²) in [6.07, 6.45) is 5.19. The molecule has 0 amide bonds. The Morgan fingerprint density at radius 2 is 2.10 bits per heavy atom. The van der Waals surface area contributed by atoms with Crippen molar-refractivity contribution in [1.29, 1.82) is 0 Å². The van der Waals surface area contributed by atoms with E-state index in [1.54, 1.807) is 0 Å². The van der Waals surface area contributed by atoms with Crippen molar-refractivity contribution in [2.45, 2.75) is 25.9 Å². The molecule has 0 saturated heterocycles. The van der Waals surface area contributed by atoms with Gasteiger partial charge < -0.3 is 10.2 Å². The van der Waals surface area contributed by atoms with Gasteiger partial charge in [-0.25, -0.2) is 0 Å². The average molecular weight is 272 g/mol. The molecule has 0 saturated carbocycles. The van der Waals surface area contributed by atoms with Gasteiger partial charge in [0.2, 0.25) is 0 Å². The Labute approximate surface area is 121 Å². The van der Waals surface area contributed by atoms with Gasteiger partial charge in [0, 0.05) is 38.1 Å². The maximum absolute atomic E-state index is 4.42. The van der Waals surface area contributed by atoms with E-state index in [1.165, 1.54) is 16.8 Å². The van der Waals surface area contributed by atoms with Gasteiger partial charge in [-0.2, -0.15) is 5.10 Å². The molecule has 0 aliphatic rings. The highest BCUT2D eigenvalue weighted by Crippen LogP contribution is 2.24. The molecule has 1 atom stereocenters. The van der Waals surface area contributed by atoms with Crippen LogP contribution in [0.2, 0.25) is 0 Å². The SMILES string of the molecule is CCCn1cc(C(NC)c2cccc(N(C)C)c2)cn1. The summed E-state index contributed by atoms with van der Waals surface area (Å²) in [7, 11) is 6.11. The average Bonchev–Trinajstić information content (AvgIpc) is 2.89. The number of nitrogens with zero attached hydrogens (tertiary/aromatic N) is 3. The highest BCUT2D eigenvalue weighted by atomic mass is 15.3. The van der Waals surface area contributed by atoms with Crippen molar-refractivity contribution in [1.82, 2.24) is 15.1 Å². The number of aromatic nitrogens is 2. The molecule has 1 aromatic heterocycles. The fraction of sp³-hybridized carbons (Fsp3) is 0.438. The molecule has 0 bridgehead atoms. The van der Waals surface area contributed by atoms with Crippen molar-refractivity contribution < 1.29 is 0 Å². The first kappa shape index (κ1) is 14.6. The van der Waals surface area contributed by atoms with Gasteiger partial charge in [-0.3, -0.25) is 4.68 Å². The second kappa shape index (κ2) is 6.57. The first-order valence-corrected chi connectivity index (χ1v) is 7.12. The lowest BCUT2D eigenvalue weighted by molar-refractivity contribution is 0.600. The van der Waals surface area contributed by atoms with Crippen LogP contribution in [-0.4, -0.2) is 30.9 Å². The Kier molecular flexibility index (Phi) is 4.79. The van der Waals surface area contributed by atoms with Crippen LogP contribution in [0.3, 0.4) is 0 Å². The lowest BCUT2D eigenvalue weighted by Crippen LogP contribution is -2.18. The molecule has 1 unspecified atom stereocenters. The fourth-order valence-electron chi connectivity index (χ4n) is 2.39. The van der Waals surface area contributed by atoms with Gasteiger partial charge in [0.25, 0.3) is 0 Å². The monoisotopic (exact) mass is 272 g/mol. The zero-order valence-electron chi connectivity index (χ0n) is 12.8. The van der Waals surface area contributed by atoms with Gasteiger partial charge >= 0.3 is 0 Å². The number of hydrogen-bond acceptors (Lipinski definition) is 3. The molecule has 20 heavy (non-hydrogen) atoms. The third-order valence-corrected chi connectivity index (χ3v) is 3.45. The first-order valence-electron chi connectivity index (χ1n) is 7.12. The minimum absolute atomic E-state index is 0.181. The molecule has 0 aliphatic heterocycles. The van der Waals surface area contributed by atoms with E-state index >= 15 is 0 Å². The van der Waals surface area contributed by atoms with Crippen molar-refractivity contribution in [2.75, 3.05) is 26.0 Å². The summed E-state index contributed by atoms with van der Waals surface area (Å²) in [6.45, 7) is 3.13. The number of hydrogen-bond donors (Lipinski definition) is 1. The zero-order valence-corrected chi connectivity index (χ0v) is 12.8. The highest BCUT2D eigenvalue weighted by molar-refractivity contribution is 5.49. The molecule has 0 aliphatic carbocycles. The van der Waals surface area contributed by atoms with Gasteiger partial charge in [0.1, 0.15) is 0 Å². The van der Waals surface area contributed by atoms with Crippen LogP contribution in [0, 0.1) is 0 Å². The molecule has 4 heteroatoms. The van der Waals surface area contributed by atoms with Crippen LogP contribution in [-0.2, 0) is 6.54 Å². The molecule has 2 aromatic rings. The lowest BCUT2D eigenvalue weighted by Gasteiger charge is -2.18. The Morgan fingerprint density at radius 1 is 1.30 bits per heavy atom. The van der Waals surface area contributed by atoms with Crippen LogP contribution in [0.1, 0.15) is 30.5 Å². The largest absolute Gasteiger partial charge is 0.378 e. The van der Waals surface area contributed by atoms with Crippen molar-refractivity contribution >= 4 is 5.69 Å². The third-order valence-electron chi connectivity index (χ3n) is 3.45. The van der Waals surface area contributed by atoms with Gasteiger partial charge in [-0.1, -0.05) is 19.1 Å². The molecule has 0 radical (unpaired) electrons. The Morgan fingerprint density at radius 3 is 2.75 bits per heavy atom. The van der Waals surface area contributed by atoms with E-state index in [-0.39, 0.29) is 6.04 Å². The van der Waals surface area contributed by atoms with Gasteiger partial charge in [-0.15, -0.1) is 0 Å². The van der Waals surface area contributed by atoms with Crippen LogP contribution in [0.4, 0.5) is 5.69 Å². The molecular formula is C16H24N4. The summed E-state index contributed by atoms with van der Waals surface area (Å²) in [5, 5.41) is 7.81. The molecule has 0 spiro atoms. The first-order chi connectivity index (χ1) is 9.65. The van der Waals surface area contributed by atoms with Gasteiger partial charge in [0.05, 0.1) is 12.2 Å². The van der Waals surface area contributed by atoms with Crippen LogP contribution in [0.5, 0.6) is 0 Å².